The molecule has 3 heterocycles. The molecule has 8 nitrogen and oxygen atoms in total. The topological polar surface area (TPSA) is 89.3 Å². The van der Waals surface area contributed by atoms with Crippen LogP contribution in [0.2, 0.25) is 0 Å². The van der Waals surface area contributed by atoms with Crippen molar-refractivity contribution in [3.05, 3.63) is 40.4 Å². The van der Waals surface area contributed by atoms with Gasteiger partial charge >= 0.3 is 0 Å². The number of carbonyl (C=O) groups is 1. The lowest BCUT2D eigenvalue weighted by molar-refractivity contribution is -0.116. The normalized spacial score (nSPS) is 13.9. The van der Waals surface area contributed by atoms with Crippen molar-refractivity contribution in [3.63, 3.8) is 0 Å². The van der Waals surface area contributed by atoms with E-state index in [1.165, 1.54) is 22.2 Å². The van der Waals surface area contributed by atoms with Gasteiger partial charge in [-0.05, 0) is 37.5 Å². The SMILES string of the molecule is COc1ccc(C)cc1NC(=O)Cn1cnc2nc(N3CCCC3)sc2c1=O. The zero-order chi connectivity index (χ0) is 19.7. The second-order valence-corrected chi connectivity index (χ2v) is 7.75. The maximum atomic E-state index is 12.8. The van der Waals surface area contributed by atoms with E-state index in [1.807, 2.05) is 19.1 Å². The average molecular weight is 399 g/mol. The molecule has 9 heteroatoms. The van der Waals surface area contributed by atoms with Crippen LogP contribution in [0.5, 0.6) is 5.75 Å². The summed E-state index contributed by atoms with van der Waals surface area (Å²) in [6, 6.07) is 5.52. The summed E-state index contributed by atoms with van der Waals surface area (Å²) < 4.78 is 7.07. The molecule has 4 rings (SSSR count). The summed E-state index contributed by atoms with van der Waals surface area (Å²) in [7, 11) is 1.55. The van der Waals surface area contributed by atoms with Crippen molar-refractivity contribution in [1.29, 1.82) is 0 Å². The van der Waals surface area contributed by atoms with Crippen molar-refractivity contribution in [2.24, 2.45) is 0 Å². The molecule has 1 fully saturated rings. The highest BCUT2D eigenvalue weighted by molar-refractivity contribution is 7.22. The highest BCUT2D eigenvalue weighted by Gasteiger charge is 2.19. The number of aryl methyl sites for hydroxylation is 1. The largest absolute Gasteiger partial charge is 0.495 e. The van der Waals surface area contributed by atoms with Gasteiger partial charge in [0.2, 0.25) is 5.91 Å². The fraction of sp³-hybridized carbons (Fsp3) is 0.368. The predicted octanol–water partition coefficient (Wildman–Crippen LogP) is 2.41. The van der Waals surface area contributed by atoms with Gasteiger partial charge in [0.05, 0.1) is 12.8 Å². The molecule has 1 aliphatic rings. The average Bonchev–Trinajstić information content (AvgIpc) is 3.34. The van der Waals surface area contributed by atoms with E-state index >= 15 is 0 Å². The van der Waals surface area contributed by atoms with E-state index in [0.717, 1.165) is 36.6 Å². The van der Waals surface area contributed by atoms with Crippen LogP contribution in [0.3, 0.4) is 0 Å². The van der Waals surface area contributed by atoms with Gasteiger partial charge in [-0.25, -0.2) is 4.98 Å². The van der Waals surface area contributed by atoms with Crippen LogP contribution in [0.1, 0.15) is 18.4 Å². The predicted molar refractivity (Wildman–Crippen MR) is 109 cm³/mol. The number of thiazole rings is 1. The molecular formula is C19H21N5O3S. The number of fused-ring (bicyclic) bond motifs is 1. The first-order valence-electron chi connectivity index (χ1n) is 9.10. The van der Waals surface area contributed by atoms with Crippen molar-refractivity contribution in [1.82, 2.24) is 14.5 Å². The van der Waals surface area contributed by atoms with Crippen LogP contribution in [0.4, 0.5) is 10.8 Å². The monoisotopic (exact) mass is 399 g/mol. The third-order valence-electron chi connectivity index (χ3n) is 4.69. The summed E-state index contributed by atoms with van der Waals surface area (Å²) in [6.07, 6.45) is 3.65. The maximum Gasteiger partial charge on any atom is 0.273 e. The molecule has 2 aromatic heterocycles. The molecule has 0 spiro atoms. The Kier molecular flexibility index (Phi) is 4.99. The van der Waals surface area contributed by atoms with Gasteiger partial charge in [-0.2, -0.15) is 4.98 Å². The van der Waals surface area contributed by atoms with E-state index in [9.17, 15) is 9.59 Å². The second kappa shape index (κ2) is 7.59. The smallest absolute Gasteiger partial charge is 0.273 e. The zero-order valence-corrected chi connectivity index (χ0v) is 16.6. The van der Waals surface area contributed by atoms with Crippen LogP contribution in [-0.4, -0.2) is 40.6 Å². The number of carbonyl (C=O) groups excluding carboxylic acids is 1. The Labute approximate surface area is 165 Å². The zero-order valence-electron chi connectivity index (χ0n) is 15.8. The van der Waals surface area contributed by atoms with Crippen molar-refractivity contribution in [2.75, 3.05) is 30.4 Å². The highest BCUT2D eigenvalue weighted by atomic mass is 32.1. The summed E-state index contributed by atoms with van der Waals surface area (Å²) in [5, 5.41) is 3.63. The molecule has 0 aliphatic carbocycles. The van der Waals surface area contributed by atoms with Gasteiger partial charge < -0.3 is 15.0 Å². The van der Waals surface area contributed by atoms with E-state index in [-0.39, 0.29) is 18.0 Å². The summed E-state index contributed by atoms with van der Waals surface area (Å²) in [4.78, 5) is 36.2. The number of nitrogens with zero attached hydrogens (tertiary/aromatic N) is 4. The molecule has 0 bridgehead atoms. The van der Waals surface area contributed by atoms with Gasteiger partial charge in [0.1, 0.15) is 23.3 Å². The first kappa shape index (κ1) is 18.4. The van der Waals surface area contributed by atoms with Crippen molar-refractivity contribution in [3.8, 4) is 5.75 Å². The second-order valence-electron chi connectivity index (χ2n) is 6.77. The lowest BCUT2D eigenvalue weighted by atomic mass is 10.2. The molecule has 3 aromatic rings. The highest BCUT2D eigenvalue weighted by Crippen LogP contribution is 2.28. The molecule has 1 N–H and O–H groups in total. The minimum absolute atomic E-state index is 0.129. The number of amides is 1. The fourth-order valence-electron chi connectivity index (χ4n) is 3.26. The van der Waals surface area contributed by atoms with Crippen molar-refractivity contribution >= 4 is 38.4 Å². The fourth-order valence-corrected chi connectivity index (χ4v) is 4.28. The van der Waals surface area contributed by atoms with Crippen molar-refractivity contribution in [2.45, 2.75) is 26.3 Å². The van der Waals surface area contributed by atoms with E-state index in [0.29, 0.717) is 21.8 Å². The molecule has 0 atom stereocenters. The third kappa shape index (κ3) is 3.57. The van der Waals surface area contributed by atoms with Crippen LogP contribution in [0.15, 0.2) is 29.3 Å². The van der Waals surface area contributed by atoms with E-state index < -0.39 is 0 Å². The molecule has 1 aliphatic heterocycles. The van der Waals surface area contributed by atoms with Gasteiger partial charge in [-0.3, -0.25) is 14.2 Å². The minimum Gasteiger partial charge on any atom is -0.495 e. The molecular weight excluding hydrogens is 378 g/mol. The standard InChI is InChI=1S/C19H21N5O3S/c1-12-5-6-14(27-2)13(9-12)21-15(25)10-24-11-20-17-16(18(24)26)28-19(22-17)23-7-3-4-8-23/h5-6,9,11H,3-4,7-8,10H2,1-2H3,(H,21,25). The molecule has 0 saturated carbocycles. The number of hydrogen-bond acceptors (Lipinski definition) is 7. The first-order chi connectivity index (χ1) is 13.5. The minimum atomic E-state index is -0.323. The van der Waals surface area contributed by atoms with Crippen LogP contribution in [-0.2, 0) is 11.3 Å². The van der Waals surface area contributed by atoms with Gasteiger partial charge in [-0.15, -0.1) is 0 Å². The van der Waals surface area contributed by atoms with Crippen LogP contribution >= 0.6 is 11.3 Å². The number of methoxy groups -OCH3 is 1. The molecule has 1 aromatic carbocycles. The number of ether oxygens (including phenoxy) is 1. The first-order valence-corrected chi connectivity index (χ1v) is 9.92. The van der Waals surface area contributed by atoms with Gasteiger partial charge in [0.25, 0.3) is 5.56 Å². The number of rotatable bonds is 5. The molecule has 1 amide bonds. The number of anilines is 2. The number of nitrogens with one attached hydrogen (secondary N) is 1. The number of benzene rings is 1. The quantitative estimate of drug-likeness (QED) is 0.709. The summed E-state index contributed by atoms with van der Waals surface area (Å²) >= 11 is 1.34. The Hall–Kier alpha value is -2.94. The number of aromatic nitrogens is 3. The van der Waals surface area contributed by atoms with Gasteiger partial charge in [-0.1, -0.05) is 17.4 Å². The van der Waals surface area contributed by atoms with E-state index in [2.05, 4.69) is 20.2 Å². The number of hydrogen-bond donors (Lipinski definition) is 1. The van der Waals surface area contributed by atoms with Gasteiger partial charge in [0.15, 0.2) is 10.8 Å². The maximum absolute atomic E-state index is 12.8. The molecule has 28 heavy (non-hydrogen) atoms. The summed E-state index contributed by atoms with van der Waals surface area (Å²) in [6.45, 7) is 3.71. The molecule has 146 valence electrons. The van der Waals surface area contributed by atoms with Crippen LogP contribution < -0.4 is 20.5 Å². The van der Waals surface area contributed by atoms with E-state index in [4.69, 9.17) is 4.74 Å². The summed E-state index contributed by atoms with van der Waals surface area (Å²) in [5.41, 5.74) is 1.76. The van der Waals surface area contributed by atoms with Gasteiger partial charge in [0, 0.05) is 13.1 Å². The molecule has 0 radical (unpaired) electrons. The Morgan fingerprint density at radius 3 is 2.86 bits per heavy atom. The molecule has 1 saturated heterocycles. The lowest BCUT2D eigenvalue weighted by Crippen LogP contribution is -2.27. The van der Waals surface area contributed by atoms with Crippen LogP contribution in [0.25, 0.3) is 10.3 Å². The Morgan fingerprint density at radius 2 is 2.11 bits per heavy atom. The summed E-state index contributed by atoms with van der Waals surface area (Å²) in [5.74, 6) is 0.244. The van der Waals surface area contributed by atoms with Crippen LogP contribution in [0, 0.1) is 6.92 Å². The Bertz CT molecular complexity index is 1080. The third-order valence-corrected chi connectivity index (χ3v) is 5.79. The Morgan fingerprint density at radius 1 is 1.32 bits per heavy atom. The lowest BCUT2D eigenvalue weighted by Gasteiger charge is -2.11. The van der Waals surface area contributed by atoms with Crippen molar-refractivity contribution < 1.29 is 9.53 Å². The molecule has 0 unspecified atom stereocenters. The van der Waals surface area contributed by atoms with E-state index in [1.54, 1.807) is 13.2 Å². The Balaban J connectivity index is 1.56.